The van der Waals surface area contributed by atoms with Gasteiger partial charge in [0.1, 0.15) is 0 Å². The second-order valence-electron chi connectivity index (χ2n) is 0.417. The first-order valence-electron chi connectivity index (χ1n) is 1.43. The predicted molar refractivity (Wildman–Crippen MR) is 8.14 cm³/mol. The van der Waals surface area contributed by atoms with Gasteiger partial charge in [-0.2, -0.15) is 0 Å². The van der Waals surface area contributed by atoms with Gasteiger partial charge < -0.3 is 19.7 Å². The Morgan fingerprint density at radius 3 is 0.909 bits per heavy atom. The summed E-state index contributed by atoms with van der Waals surface area (Å²) in [5.41, 5.74) is 0. The van der Waals surface area contributed by atoms with Gasteiger partial charge in [0.05, 0.1) is 0 Å². The third kappa shape index (κ3) is 2990. The Morgan fingerprint density at radius 1 is 0.909 bits per heavy atom. The Labute approximate surface area is 89.3 Å². The van der Waals surface area contributed by atoms with Gasteiger partial charge in [-0.25, -0.2) is 0 Å². The summed E-state index contributed by atoms with van der Waals surface area (Å²) >= 11 is -5.01. The average molecular weight is 619 g/mol. The van der Waals surface area contributed by atoms with Gasteiger partial charge in [0.15, 0.2) is 0 Å². The molecule has 0 saturated carbocycles. The Kier molecular flexibility index (Phi) is 64.2. The van der Waals surface area contributed by atoms with Crippen LogP contribution in [-0.4, -0.2) is 6.16 Å². The van der Waals surface area contributed by atoms with Gasteiger partial charge in [-0.15, -0.1) is 0 Å². The molecule has 0 saturated heterocycles. The molecule has 0 atom stereocenters. The summed E-state index contributed by atoms with van der Waals surface area (Å²) < 4.78 is 34.3. The minimum absolute atomic E-state index is 0. The number of halogens is 1. The van der Waals surface area contributed by atoms with Crippen molar-refractivity contribution in [1.82, 2.24) is 0 Å². The normalized spacial score (nSPS) is 3.64. The molecular formula is CFO7U2+. The van der Waals surface area contributed by atoms with Crippen LogP contribution in [0.2, 0.25) is 0 Å². The average Bonchev–Trinajstić information content (AvgIpc) is 1.65. The Bertz CT molecular complexity index is 127. The minimum atomic E-state index is -2.51. The van der Waals surface area contributed by atoms with Crippen LogP contribution < -0.4 is 14.9 Å². The zero-order valence-corrected chi connectivity index (χ0v) is 13.1. The van der Waals surface area contributed by atoms with Crippen molar-refractivity contribution in [3.05, 3.63) is 0 Å². The zero-order chi connectivity index (χ0) is 8.99. The van der Waals surface area contributed by atoms with Gasteiger partial charge in [0.2, 0.25) is 0 Å². The van der Waals surface area contributed by atoms with Gasteiger partial charge >= 0.3 is 64.6 Å². The van der Waals surface area contributed by atoms with Crippen LogP contribution in [0.25, 0.3) is 0 Å². The van der Waals surface area contributed by atoms with Crippen molar-refractivity contribution in [1.29, 1.82) is 0 Å². The SMILES string of the molecule is O=C([O-])[O-].[F-].[O]=[U+2]=[O].[O]=[U+2]=[O]. The Morgan fingerprint density at radius 2 is 0.909 bits per heavy atom. The second-order valence-corrected chi connectivity index (χ2v) is 1.80. The van der Waals surface area contributed by atoms with Crippen LogP contribution in [0.5, 0.6) is 0 Å². The molecule has 0 amide bonds. The molecule has 0 aliphatic rings. The summed E-state index contributed by atoms with van der Waals surface area (Å²) in [6, 6.07) is 0. The van der Waals surface area contributed by atoms with E-state index in [4.69, 9.17) is 24.0 Å². The van der Waals surface area contributed by atoms with Crippen molar-refractivity contribution in [2.75, 3.05) is 0 Å². The molecule has 0 aromatic rings. The van der Waals surface area contributed by atoms with E-state index in [1.807, 2.05) is 0 Å². The van der Waals surface area contributed by atoms with Crippen LogP contribution in [0.1, 0.15) is 0 Å². The van der Waals surface area contributed by atoms with E-state index < -0.39 is 61.8 Å². The van der Waals surface area contributed by atoms with Gasteiger partial charge in [-0.1, -0.05) is 0 Å². The summed E-state index contributed by atoms with van der Waals surface area (Å²) in [4.78, 5) is 8.33. The molecule has 0 unspecified atom stereocenters. The molecule has 0 aromatic carbocycles. The molecule has 0 bridgehead atoms. The van der Waals surface area contributed by atoms with Crippen LogP contribution in [-0.2, 0) is 8.94 Å². The molecule has 0 spiro atoms. The molecule has 0 N–H and O–H groups in total. The second kappa shape index (κ2) is 31.3. The fraction of sp³-hybridized carbons (Fsp3) is 0. The molecule has 0 aromatic heterocycles. The molecule has 7 nitrogen and oxygen atoms in total. The summed E-state index contributed by atoms with van der Waals surface area (Å²) in [7, 11) is 0. The molecule has 0 rings (SSSR count). The molecule has 0 radical (unpaired) electrons. The fourth-order valence-corrected chi connectivity index (χ4v) is 0. The van der Waals surface area contributed by atoms with Crippen molar-refractivity contribution in [3.8, 4) is 0 Å². The molecule has 11 heavy (non-hydrogen) atoms. The van der Waals surface area contributed by atoms with Crippen molar-refractivity contribution >= 4 is 6.16 Å². The first-order valence-corrected chi connectivity index (χ1v) is 8.23. The third-order valence-electron chi connectivity index (χ3n) is 0. The molecule has 0 aliphatic heterocycles. The van der Waals surface area contributed by atoms with Gasteiger partial charge in [0, 0.05) is 0 Å². The summed E-state index contributed by atoms with van der Waals surface area (Å²) in [5.74, 6) is 0. The maximum absolute atomic E-state index is 8.58. The van der Waals surface area contributed by atoms with Crippen molar-refractivity contribution < 1.29 is 84.3 Å². The topological polar surface area (TPSA) is 131 Å². The number of hydrogen-bond donors (Lipinski definition) is 0. The number of carboxylic acid groups (broad SMARTS) is 2. The standard InChI is InChI=1S/CH2O3.FH.4O.2U/c2-1(3)4;;;;;;;/h(H2,2,3,4);1H;;;;;;/q;;;;;;2*+2/p-3. The molecule has 0 aliphatic carbocycles. The van der Waals surface area contributed by atoms with Gasteiger partial charge in [0.25, 0.3) is 0 Å². The predicted octanol–water partition coefficient (Wildman–Crippen LogP) is -5.92. The summed E-state index contributed by atoms with van der Waals surface area (Å²) in [5, 5.41) is 16.7. The first-order chi connectivity index (χ1) is 4.56. The fourth-order valence-electron chi connectivity index (χ4n) is 0. The molecular weight excluding hydrogens is 619 g/mol. The van der Waals surface area contributed by atoms with E-state index >= 15 is 0 Å². The maximum atomic E-state index is 8.58. The Balaban J connectivity index is -0.0000000325. The number of rotatable bonds is 0. The van der Waals surface area contributed by atoms with Crippen LogP contribution in [0, 0.1) is 55.6 Å². The van der Waals surface area contributed by atoms with Crippen molar-refractivity contribution in [3.63, 3.8) is 0 Å². The van der Waals surface area contributed by atoms with E-state index in [0.29, 0.717) is 0 Å². The van der Waals surface area contributed by atoms with Crippen LogP contribution in [0.15, 0.2) is 0 Å². The third-order valence-corrected chi connectivity index (χ3v) is 0. The number of carbonyl (C=O) groups excluding carboxylic acids is 1. The monoisotopic (exact) mass is 619 g/mol. The van der Waals surface area contributed by atoms with Crippen molar-refractivity contribution in [2.24, 2.45) is 0 Å². The van der Waals surface area contributed by atoms with E-state index in [0.717, 1.165) is 0 Å². The molecule has 0 fully saturated rings. The zero-order valence-electron chi connectivity index (χ0n) is 4.74. The van der Waals surface area contributed by atoms with E-state index in [1.54, 1.807) is 0 Å². The van der Waals surface area contributed by atoms with E-state index in [2.05, 4.69) is 0 Å². The van der Waals surface area contributed by atoms with E-state index in [9.17, 15) is 0 Å². The van der Waals surface area contributed by atoms with Gasteiger partial charge in [-0.3, -0.25) is 0 Å². The Hall–Kier alpha value is 0.504. The van der Waals surface area contributed by atoms with Crippen LogP contribution >= 0.6 is 0 Å². The summed E-state index contributed by atoms with van der Waals surface area (Å²) in [6.45, 7) is 0. The van der Waals surface area contributed by atoms with Crippen LogP contribution in [0.4, 0.5) is 4.79 Å². The number of hydrogen-bond acceptors (Lipinski definition) is 7. The van der Waals surface area contributed by atoms with E-state index in [-0.39, 0.29) is 4.70 Å². The molecule has 60 valence electrons. The first kappa shape index (κ1) is 22.5. The van der Waals surface area contributed by atoms with Crippen LogP contribution in [0.3, 0.4) is 0 Å². The quantitative estimate of drug-likeness (QED) is 0.264. The van der Waals surface area contributed by atoms with Gasteiger partial charge in [-0.05, 0) is 6.16 Å². The van der Waals surface area contributed by atoms with Crippen molar-refractivity contribution in [2.45, 2.75) is 0 Å². The molecule has 10 heteroatoms. The number of carbonyl (C=O) groups is 1. The molecule has 0 heterocycles. The summed E-state index contributed by atoms with van der Waals surface area (Å²) in [6.07, 6.45) is -2.33. The van der Waals surface area contributed by atoms with E-state index in [1.165, 1.54) is 0 Å².